The first kappa shape index (κ1) is 15.1. The monoisotopic (exact) mass is 336 g/mol. The van der Waals surface area contributed by atoms with E-state index in [4.69, 9.17) is 9.15 Å². The highest BCUT2D eigenvalue weighted by atomic mass is 16.5. The van der Waals surface area contributed by atoms with Crippen LogP contribution in [0.1, 0.15) is 15.9 Å². The summed E-state index contributed by atoms with van der Waals surface area (Å²) in [4.78, 5) is 37.0. The molecule has 1 atom stereocenters. The number of hydrogen-bond acceptors (Lipinski definition) is 6. The van der Waals surface area contributed by atoms with Gasteiger partial charge in [-0.2, -0.15) is 0 Å². The van der Waals surface area contributed by atoms with E-state index >= 15 is 0 Å². The Hall–Kier alpha value is -3.41. The second kappa shape index (κ2) is 5.59. The summed E-state index contributed by atoms with van der Waals surface area (Å²) in [7, 11) is 0. The average Bonchev–Trinajstić information content (AvgIpc) is 2.61. The molecule has 124 valence electrons. The van der Waals surface area contributed by atoms with Crippen LogP contribution < -0.4 is 10.4 Å². The van der Waals surface area contributed by atoms with Gasteiger partial charge in [0.2, 0.25) is 0 Å². The summed E-state index contributed by atoms with van der Waals surface area (Å²) in [6.45, 7) is 0. The molecule has 6 nitrogen and oxygen atoms in total. The van der Waals surface area contributed by atoms with Crippen molar-refractivity contribution in [3.8, 4) is 11.5 Å². The molecule has 1 aliphatic heterocycles. The quantitative estimate of drug-likeness (QED) is 0.334. The number of benzene rings is 2. The van der Waals surface area contributed by atoms with Gasteiger partial charge < -0.3 is 14.3 Å². The molecular formula is C19H12O6. The lowest BCUT2D eigenvalue weighted by Gasteiger charge is -2.22. The molecule has 0 radical (unpaired) electrons. The van der Waals surface area contributed by atoms with Gasteiger partial charge >= 0.3 is 11.6 Å². The first-order valence-electron chi connectivity index (χ1n) is 7.65. The van der Waals surface area contributed by atoms with Gasteiger partial charge in [-0.05, 0) is 24.3 Å². The maximum absolute atomic E-state index is 12.6. The van der Waals surface area contributed by atoms with Crippen molar-refractivity contribution in [1.29, 1.82) is 0 Å². The fourth-order valence-electron chi connectivity index (χ4n) is 2.97. The van der Waals surface area contributed by atoms with E-state index in [0.717, 1.165) is 0 Å². The molecule has 0 bridgehead atoms. The molecule has 6 heteroatoms. The molecule has 1 unspecified atom stereocenters. The van der Waals surface area contributed by atoms with Crippen LogP contribution in [0.25, 0.3) is 11.0 Å². The highest BCUT2D eigenvalue weighted by Gasteiger charge is 2.37. The van der Waals surface area contributed by atoms with Gasteiger partial charge in [-0.25, -0.2) is 4.79 Å². The van der Waals surface area contributed by atoms with Crippen LogP contribution >= 0.6 is 0 Å². The number of para-hydroxylation sites is 2. The molecule has 2 heterocycles. The maximum atomic E-state index is 12.6. The van der Waals surface area contributed by atoms with Gasteiger partial charge in [0, 0.05) is 6.42 Å². The minimum atomic E-state index is -1.20. The Kier molecular flexibility index (Phi) is 3.39. The molecule has 0 saturated carbocycles. The molecule has 2 aromatic carbocycles. The molecule has 25 heavy (non-hydrogen) atoms. The summed E-state index contributed by atoms with van der Waals surface area (Å²) >= 11 is 0. The largest absolute Gasteiger partial charge is 0.507 e. The Morgan fingerprint density at radius 1 is 0.960 bits per heavy atom. The minimum Gasteiger partial charge on any atom is -0.507 e. The van der Waals surface area contributed by atoms with E-state index in [9.17, 15) is 19.5 Å². The molecule has 0 saturated heterocycles. The number of hydrogen-bond donors (Lipinski definition) is 1. The van der Waals surface area contributed by atoms with Crippen molar-refractivity contribution < 1.29 is 23.8 Å². The fourth-order valence-corrected chi connectivity index (χ4v) is 2.97. The van der Waals surface area contributed by atoms with Gasteiger partial charge in [0.05, 0.1) is 16.5 Å². The summed E-state index contributed by atoms with van der Waals surface area (Å²) in [5.41, 5.74) is -0.391. The van der Waals surface area contributed by atoms with Gasteiger partial charge in [-0.3, -0.25) is 9.59 Å². The van der Waals surface area contributed by atoms with Gasteiger partial charge in [0.15, 0.2) is 5.78 Å². The zero-order valence-electron chi connectivity index (χ0n) is 12.9. The van der Waals surface area contributed by atoms with Gasteiger partial charge in [0.25, 0.3) is 0 Å². The van der Waals surface area contributed by atoms with E-state index in [1.54, 1.807) is 42.5 Å². The highest BCUT2D eigenvalue weighted by molar-refractivity contribution is 6.13. The highest BCUT2D eigenvalue weighted by Crippen LogP contribution is 2.32. The summed E-state index contributed by atoms with van der Waals surface area (Å²) < 4.78 is 10.4. The number of esters is 1. The fraction of sp³-hybridized carbons (Fsp3) is 0.105. The van der Waals surface area contributed by atoms with Crippen LogP contribution in [0.5, 0.6) is 11.5 Å². The van der Waals surface area contributed by atoms with E-state index in [-0.39, 0.29) is 34.6 Å². The molecule has 1 N–H and O–H groups in total. The topological polar surface area (TPSA) is 93.8 Å². The van der Waals surface area contributed by atoms with Crippen LogP contribution in [0.2, 0.25) is 0 Å². The number of ether oxygens (including phenoxy) is 1. The number of rotatable bonds is 2. The second-order valence-electron chi connectivity index (χ2n) is 5.75. The molecular weight excluding hydrogens is 324 g/mol. The number of ketones is 1. The predicted molar refractivity (Wildman–Crippen MR) is 87.8 cm³/mol. The molecule has 0 aliphatic carbocycles. The molecule has 4 rings (SSSR count). The molecule has 0 amide bonds. The van der Waals surface area contributed by atoms with Crippen LogP contribution in [-0.4, -0.2) is 16.9 Å². The van der Waals surface area contributed by atoms with Crippen molar-refractivity contribution in [1.82, 2.24) is 0 Å². The van der Waals surface area contributed by atoms with Crippen LogP contribution in [-0.2, 0) is 11.2 Å². The van der Waals surface area contributed by atoms with Gasteiger partial charge in [-0.1, -0.05) is 24.3 Å². The molecule has 1 aromatic heterocycles. The molecule has 0 fully saturated rings. The van der Waals surface area contributed by atoms with E-state index in [1.165, 1.54) is 6.07 Å². The standard InChI is InChI=1S/C19H12O6/c20-16-10-5-1-3-7-14(10)24-18(22)12(16)9-13-17(21)11-6-2-4-8-15(11)25-19(13)23/h1-8,12,21H,9H2. The van der Waals surface area contributed by atoms with Crippen molar-refractivity contribution in [2.45, 2.75) is 6.42 Å². The third kappa shape index (κ3) is 2.39. The zero-order valence-corrected chi connectivity index (χ0v) is 12.9. The Balaban J connectivity index is 1.78. The summed E-state index contributed by atoms with van der Waals surface area (Å²) in [5.74, 6) is -2.49. The van der Waals surface area contributed by atoms with Crippen molar-refractivity contribution >= 4 is 22.7 Å². The van der Waals surface area contributed by atoms with Gasteiger partial charge in [-0.15, -0.1) is 0 Å². The lowest BCUT2D eigenvalue weighted by Crippen LogP contribution is -2.35. The third-order valence-electron chi connectivity index (χ3n) is 4.25. The Labute approximate surface area is 141 Å². The lowest BCUT2D eigenvalue weighted by atomic mass is 9.89. The van der Waals surface area contributed by atoms with Crippen molar-refractivity contribution in [3.63, 3.8) is 0 Å². The number of aromatic hydroxyl groups is 1. The Morgan fingerprint density at radius 2 is 1.68 bits per heavy atom. The average molecular weight is 336 g/mol. The van der Waals surface area contributed by atoms with E-state index in [0.29, 0.717) is 5.39 Å². The summed E-state index contributed by atoms with van der Waals surface area (Å²) in [6.07, 6.45) is -0.287. The summed E-state index contributed by atoms with van der Waals surface area (Å²) in [6, 6.07) is 12.9. The second-order valence-corrected chi connectivity index (χ2v) is 5.75. The minimum absolute atomic E-state index is 0.117. The maximum Gasteiger partial charge on any atom is 0.343 e. The molecule has 0 spiro atoms. The van der Waals surface area contributed by atoms with Crippen molar-refractivity contribution in [2.24, 2.45) is 5.92 Å². The van der Waals surface area contributed by atoms with Crippen LogP contribution in [0.3, 0.4) is 0 Å². The van der Waals surface area contributed by atoms with E-state index in [2.05, 4.69) is 0 Å². The van der Waals surface area contributed by atoms with Crippen LogP contribution in [0.4, 0.5) is 0 Å². The smallest absolute Gasteiger partial charge is 0.343 e. The first-order chi connectivity index (χ1) is 12.1. The molecule has 1 aliphatic rings. The SMILES string of the molecule is O=C1Oc2ccccc2C(=O)C1Cc1c(O)c2ccccc2oc1=O. The van der Waals surface area contributed by atoms with Crippen molar-refractivity contribution in [2.75, 3.05) is 0 Å². The van der Waals surface area contributed by atoms with Crippen LogP contribution in [0.15, 0.2) is 57.7 Å². The van der Waals surface area contributed by atoms with Crippen molar-refractivity contribution in [3.05, 3.63) is 70.1 Å². The van der Waals surface area contributed by atoms with Gasteiger partial charge in [0.1, 0.15) is 23.0 Å². The van der Waals surface area contributed by atoms with Crippen LogP contribution in [0, 0.1) is 5.92 Å². The summed E-state index contributed by atoms with van der Waals surface area (Å²) in [5, 5.41) is 10.7. The zero-order chi connectivity index (χ0) is 17.6. The van der Waals surface area contributed by atoms with E-state index in [1.807, 2.05) is 0 Å². The third-order valence-corrected chi connectivity index (χ3v) is 4.25. The molecule has 3 aromatic rings. The Bertz CT molecular complexity index is 1080. The number of carbonyl (C=O) groups is 2. The first-order valence-corrected chi connectivity index (χ1v) is 7.65. The van der Waals surface area contributed by atoms with E-state index < -0.39 is 23.3 Å². The predicted octanol–water partition coefficient (Wildman–Crippen LogP) is 2.46. The lowest BCUT2D eigenvalue weighted by molar-refractivity contribution is -0.137. The number of carbonyl (C=O) groups excluding carboxylic acids is 2. The normalized spacial score (nSPS) is 16.6. The number of fused-ring (bicyclic) bond motifs is 2. The Morgan fingerprint density at radius 3 is 2.52 bits per heavy atom. The number of Topliss-reactive ketones (excluding diaryl/α,β-unsaturated/α-hetero) is 1.